The van der Waals surface area contributed by atoms with Gasteiger partial charge in [0.15, 0.2) is 0 Å². The molecule has 0 saturated carbocycles. The highest BCUT2D eigenvalue weighted by Gasteiger charge is 2.46. The van der Waals surface area contributed by atoms with Crippen molar-refractivity contribution in [1.82, 2.24) is 9.96 Å². The van der Waals surface area contributed by atoms with Crippen LogP contribution >= 0.6 is 11.8 Å². The Morgan fingerprint density at radius 2 is 2.25 bits per heavy atom. The molecule has 0 aromatic heterocycles. The van der Waals surface area contributed by atoms with Crippen LogP contribution in [-0.4, -0.2) is 63.2 Å². The second-order valence-corrected chi connectivity index (χ2v) is 5.93. The number of carbonyl (C=O) groups excluding carboxylic acids is 2. The van der Waals surface area contributed by atoms with Crippen LogP contribution in [0.25, 0.3) is 0 Å². The van der Waals surface area contributed by atoms with Crippen LogP contribution in [0.4, 0.5) is 0 Å². The predicted octanol–water partition coefficient (Wildman–Crippen LogP) is -1.27. The van der Waals surface area contributed by atoms with Gasteiger partial charge in [0.2, 0.25) is 5.91 Å². The molecule has 20 heavy (non-hydrogen) atoms. The normalized spacial score (nSPS) is 29.6. The van der Waals surface area contributed by atoms with Crippen LogP contribution in [0.15, 0.2) is 11.3 Å². The van der Waals surface area contributed by atoms with E-state index in [9.17, 15) is 19.5 Å². The van der Waals surface area contributed by atoms with Gasteiger partial charge in [-0.2, -0.15) is 0 Å². The third-order valence-corrected chi connectivity index (χ3v) is 4.72. The fourth-order valence-corrected chi connectivity index (χ4v) is 3.64. The number of hydroxylamine groups is 2. The molecule has 0 aliphatic carbocycles. The first-order valence-corrected chi connectivity index (χ1v) is 7.12. The van der Waals surface area contributed by atoms with Gasteiger partial charge in [0.25, 0.3) is 5.91 Å². The first-order chi connectivity index (χ1) is 9.49. The first kappa shape index (κ1) is 13.4. The number of carbonyl (C=O) groups is 3. The van der Waals surface area contributed by atoms with Crippen LogP contribution in [0.2, 0.25) is 0 Å². The number of amides is 2. The van der Waals surface area contributed by atoms with Crippen molar-refractivity contribution in [2.45, 2.75) is 17.8 Å². The van der Waals surface area contributed by atoms with E-state index in [0.29, 0.717) is 17.7 Å². The summed E-state index contributed by atoms with van der Waals surface area (Å²) in [5.41, 5.74) is 6.00. The Kier molecular flexibility index (Phi) is 3.19. The molecule has 2 amide bonds. The Morgan fingerprint density at radius 3 is 2.80 bits per heavy atom. The molecule has 0 bridgehead atoms. The van der Waals surface area contributed by atoms with Gasteiger partial charge in [0, 0.05) is 5.75 Å². The minimum absolute atomic E-state index is 0.0255. The Bertz CT molecular complexity index is 534. The van der Waals surface area contributed by atoms with Crippen molar-refractivity contribution in [3.63, 3.8) is 0 Å². The highest BCUT2D eigenvalue weighted by Crippen LogP contribution is 2.40. The molecule has 3 aliphatic heterocycles. The van der Waals surface area contributed by atoms with Gasteiger partial charge >= 0.3 is 5.97 Å². The number of nitrogens with zero attached hydrogens (tertiary/aromatic N) is 2. The van der Waals surface area contributed by atoms with E-state index in [1.165, 1.54) is 16.7 Å². The number of nitrogens with two attached hydrogens (primary N) is 1. The summed E-state index contributed by atoms with van der Waals surface area (Å²) in [5.74, 6) is -1.28. The quantitative estimate of drug-likeness (QED) is 0.625. The van der Waals surface area contributed by atoms with Crippen molar-refractivity contribution in [2.75, 3.05) is 18.9 Å². The van der Waals surface area contributed by atoms with E-state index < -0.39 is 12.0 Å². The number of hydrogen-bond acceptors (Lipinski definition) is 6. The summed E-state index contributed by atoms with van der Waals surface area (Å²) >= 11 is 1.49. The summed E-state index contributed by atoms with van der Waals surface area (Å²) in [4.78, 5) is 41.1. The zero-order chi connectivity index (χ0) is 14.4. The van der Waals surface area contributed by atoms with Crippen LogP contribution in [0.1, 0.15) is 6.42 Å². The minimum atomic E-state index is -1.16. The molecule has 9 heteroatoms. The number of rotatable bonds is 3. The average Bonchev–Trinajstić information content (AvgIpc) is 2.70. The molecule has 3 N–H and O–H groups in total. The van der Waals surface area contributed by atoms with Crippen molar-refractivity contribution in [3.8, 4) is 0 Å². The largest absolute Gasteiger partial charge is 0.477 e. The highest BCUT2D eigenvalue weighted by molar-refractivity contribution is 8.00. The third kappa shape index (κ3) is 1.98. The van der Waals surface area contributed by atoms with Gasteiger partial charge in [-0.1, -0.05) is 0 Å². The molecule has 2 saturated heterocycles. The van der Waals surface area contributed by atoms with Gasteiger partial charge in [-0.25, -0.2) is 9.86 Å². The smallest absolute Gasteiger partial charge is 0.352 e. The zero-order valence-electron chi connectivity index (χ0n) is 10.4. The van der Waals surface area contributed by atoms with Crippen LogP contribution in [0, 0.1) is 0 Å². The van der Waals surface area contributed by atoms with Gasteiger partial charge in [-0.3, -0.25) is 19.3 Å². The molecule has 108 valence electrons. The van der Waals surface area contributed by atoms with Crippen LogP contribution in [0.5, 0.6) is 0 Å². The molecule has 0 aromatic rings. The van der Waals surface area contributed by atoms with Crippen molar-refractivity contribution >= 4 is 29.5 Å². The predicted molar refractivity (Wildman–Crippen MR) is 68.0 cm³/mol. The monoisotopic (exact) mass is 299 g/mol. The van der Waals surface area contributed by atoms with Crippen LogP contribution in [-0.2, 0) is 19.2 Å². The number of hydrogen-bond donors (Lipinski definition) is 2. The van der Waals surface area contributed by atoms with Crippen LogP contribution < -0.4 is 5.73 Å². The molecule has 3 heterocycles. The van der Waals surface area contributed by atoms with Crippen molar-refractivity contribution < 1.29 is 24.3 Å². The maximum absolute atomic E-state index is 11.7. The Morgan fingerprint density at radius 1 is 1.50 bits per heavy atom. The number of aliphatic carboxylic acids is 1. The van der Waals surface area contributed by atoms with Crippen molar-refractivity contribution in [3.05, 3.63) is 11.3 Å². The lowest BCUT2D eigenvalue weighted by Crippen LogP contribution is -2.54. The standard InChI is InChI=1S/C11H13N3O5S/c12-6-3-19-13(10(6)16)2-5-4-20-8-1-7(15)14(8)9(5)11(17)18/h6,8H,1-4,12H2,(H,17,18)/t6?,8-/m0/s1. The molecular formula is C11H13N3O5S. The fraction of sp³-hybridized carbons (Fsp3) is 0.545. The number of fused-ring (bicyclic) bond motifs is 1. The average molecular weight is 299 g/mol. The van der Waals surface area contributed by atoms with E-state index in [1.54, 1.807) is 0 Å². The topological polar surface area (TPSA) is 113 Å². The molecule has 0 radical (unpaired) electrons. The summed E-state index contributed by atoms with van der Waals surface area (Å²) in [5, 5.41) is 10.3. The molecule has 8 nitrogen and oxygen atoms in total. The maximum atomic E-state index is 11.7. The summed E-state index contributed by atoms with van der Waals surface area (Å²) in [6, 6.07) is -0.710. The number of thioether (sulfide) groups is 1. The van der Waals surface area contributed by atoms with Gasteiger partial charge < -0.3 is 10.8 Å². The van der Waals surface area contributed by atoms with E-state index in [-0.39, 0.29) is 36.0 Å². The van der Waals surface area contributed by atoms with Crippen LogP contribution in [0.3, 0.4) is 0 Å². The van der Waals surface area contributed by atoms with Gasteiger partial charge in [0.1, 0.15) is 11.7 Å². The van der Waals surface area contributed by atoms with Gasteiger partial charge in [0.05, 0.1) is 24.9 Å². The first-order valence-electron chi connectivity index (χ1n) is 6.08. The summed E-state index contributed by atoms with van der Waals surface area (Å²) in [6.07, 6.45) is 0.360. The maximum Gasteiger partial charge on any atom is 0.352 e. The lowest BCUT2D eigenvalue weighted by Gasteiger charge is -2.44. The molecule has 0 aromatic carbocycles. The molecule has 3 aliphatic rings. The molecule has 2 atom stereocenters. The van der Waals surface area contributed by atoms with E-state index in [4.69, 9.17) is 10.6 Å². The SMILES string of the molecule is NC1CON(CC2=C(C(=O)O)N3C(=O)C[C@@H]3SC2)C1=O. The fourth-order valence-electron chi connectivity index (χ4n) is 2.39. The highest BCUT2D eigenvalue weighted by atomic mass is 32.2. The number of carboxylic acids is 1. The Hall–Kier alpha value is -1.58. The molecule has 1 unspecified atom stereocenters. The van der Waals surface area contributed by atoms with E-state index >= 15 is 0 Å². The number of β-lactam (4-membered cyclic amide) rings is 1. The lowest BCUT2D eigenvalue weighted by atomic mass is 10.1. The molecular weight excluding hydrogens is 286 g/mol. The summed E-state index contributed by atoms with van der Waals surface area (Å²) in [6.45, 7) is 0.116. The third-order valence-electron chi connectivity index (χ3n) is 3.44. The molecule has 2 fully saturated rings. The summed E-state index contributed by atoms with van der Waals surface area (Å²) < 4.78 is 0. The Labute approximate surface area is 118 Å². The van der Waals surface area contributed by atoms with Crippen molar-refractivity contribution in [1.29, 1.82) is 0 Å². The molecule has 0 spiro atoms. The van der Waals surface area contributed by atoms with E-state index in [2.05, 4.69) is 0 Å². The minimum Gasteiger partial charge on any atom is -0.477 e. The van der Waals surface area contributed by atoms with Gasteiger partial charge in [-0.05, 0) is 5.57 Å². The second kappa shape index (κ2) is 4.76. The van der Waals surface area contributed by atoms with E-state index in [1.807, 2.05) is 0 Å². The zero-order valence-corrected chi connectivity index (χ0v) is 11.3. The second-order valence-electron chi connectivity index (χ2n) is 4.77. The van der Waals surface area contributed by atoms with E-state index in [0.717, 1.165) is 5.06 Å². The van der Waals surface area contributed by atoms with Crippen molar-refractivity contribution in [2.24, 2.45) is 5.73 Å². The Balaban J connectivity index is 1.85. The molecule has 3 rings (SSSR count). The number of carboxylic acid groups (broad SMARTS) is 1. The lowest BCUT2D eigenvalue weighted by molar-refractivity contribution is -0.159. The summed E-state index contributed by atoms with van der Waals surface area (Å²) in [7, 11) is 0. The van der Waals surface area contributed by atoms with Gasteiger partial charge in [-0.15, -0.1) is 11.8 Å².